The minimum absolute atomic E-state index is 0.101. The van der Waals surface area contributed by atoms with E-state index in [4.69, 9.17) is 0 Å². The highest BCUT2D eigenvalue weighted by atomic mass is 19.4. The number of alkyl halides is 3. The SMILES string of the molecule is Cc1cc(N2CCC(=Cc3ccc(F)c(F)c3)CC2)n2nc(C(F)(F)F)nc2n1. The molecule has 0 bridgehead atoms. The zero-order valence-electron chi connectivity index (χ0n) is 15.3. The molecule has 3 heterocycles. The van der Waals surface area contributed by atoms with Crippen molar-refractivity contribution in [1.82, 2.24) is 19.6 Å². The number of fused-ring (bicyclic) bond motifs is 1. The third-order valence-electron chi connectivity index (χ3n) is 4.72. The maximum Gasteiger partial charge on any atom is 0.453 e. The number of halogens is 5. The molecule has 1 aliphatic rings. The molecule has 0 spiro atoms. The van der Waals surface area contributed by atoms with Gasteiger partial charge in [-0.25, -0.2) is 13.8 Å². The van der Waals surface area contributed by atoms with Crippen molar-refractivity contribution in [3.05, 3.63) is 58.6 Å². The van der Waals surface area contributed by atoms with E-state index in [0.717, 1.165) is 22.2 Å². The average molecular weight is 409 g/mol. The molecule has 2 aromatic heterocycles. The molecule has 1 saturated heterocycles. The van der Waals surface area contributed by atoms with Gasteiger partial charge in [0.05, 0.1) is 0 Å². The van der Waals surface area contributed by atoms with Gasteiger partial charge in [-0.3, -0.25) is 0 Å². The number of rotatable bonds is 2. The predicted octanol–water partition coefficient (Wildman–Crippen LogP) is 4.41. The van der Waals surface area contributed by atoms with Gasteiger partial charge in [0, 0.05) is 24.8 Å². The van der Waals surface area contributed by atoms with E-state index in [1.54, 1.807) is 13.0 Å². The second-order valence-corrected chi connectivity index (χ2v) is 6.86. The lowest BCUT2D eigenvalue weighted by atomic mass is 10.0. The first kappa shape index (κ1) is 19.3. The first-order valence-corrected chi connectivity index (χ1v) is 8.92. The van der Waals surface area contributed by atoms with Gasteiger partial charge in [-0.05, 0) is 37.5 Å². The highest BCUT2D eigenvalue weighted by Crippen LogP contribution is 2.29. The third kappa shape index (κ3) is 3.92. The van der Waals surface area contributed by atoms with Crippen LogP contribution in [-0.4, -0.2) is 32.7 Å². The van der Waals surface area contributed by atoms with Crippen molar-refractivity contribution in [1.29, 1.82) is 0 Å². The smallest absolute Gasteiger partial charge is 0.356 e. The van der Waals surface area contributed by atoms with Gasteiger partial charge in [0.25, 0.3) is 11.6 Å². The highest BCUT2D eigenvalue weighted by Gasteiger charge is 2.37. The van der Waals surface area contributed by atoms with Crippen LogP contribution < -0.4 is 4.90 Å². The monoisotopic (exact) mass is 409 g/mol. The van der Waals surface area contributed by atoms with Crippen LogP contribution in [0, 0.1) is 18.6 Å². The Morgan fingerprint density at radius 3 is 2.38 bits per heavy atom. The number of aryl methyl sites for hydroxylation is 1. The lowest BCUT2D eigenvalue weighted by Crippen LogP contribution is -2.32. The number of hydrogen-bond donors (Lipinski definition) is 0. The number of piperidine rings is 1. The fraction of sp³-hybridized carbons (Fsp3) is 0.316. The number of hydrogen-bond acceptors (Lipinski definition) is 4. The normalized spacial score (nSPS) is 15.2. The molecule has 29 heavy (non-hydrogen) atoms. The van der Waals surface area contributed by atoms with Gasteiger partial charge in [-0.1, -0.05) is 17.7 Å². The molecule has 152 valence electrons. The summed E-state index contributed by atoms with van der Waals surface area (Å²) in [6.07, 6.45) is -1.59. The summed E-state index contributed by atoms with van der Waals surface area (Å²) in [5, 5.41) is 3.59. The van der Waals surface area contributed by atoms with Crippen LogP contribution in [0.3, 0.4) is 0 Å². The standard InChI is InChI=1S/C19H16F5N5/c1-11-8-16(29-18(25-11)26-17(27-29)19(22,23)24)28-6-4-12(5-7-28)9-13-2-3-14(20)15(21)10-13/h2-3,8-10H,4-7H2,1H3. The molecule has 0 radical (unpaired) electrons. The number of nitrogens with zero attached hydrogens (tertiary/aromatic N) is 5. The molecule has 0 amide bonds. The quantitative estimate of drug-likeness (QED) is 0.588. The molecule has 1 aromatic carbocycles. The molecule has 0 saturated carbocycles. The number of benzene rings is 1. The van der Waals surface area contributed by atoms with Crippen LogP contribution in [0.15, 0.2) is 29.8 Å². The largest absolute Gasteiger partial charge is 0.453 e. The Bertz CT molecular complexity index is 1090. The molecule has 5 nitrogen and oxygen atoms in total. The Morgan fingerprint density at radius 1 is 1.00 bits per heavy atom. The molecule has 0 unspecified atom stereocenters. The van der Waals surface area contributed by atoms with E-state index < -0.39 is 23.6 Å². The van der Waals surface area contributed by atoms with Gasteiger partial charge in [-0.15, -0.1) is 5.10 Å². The van der Waals surface area contributed by atoms with Crippen molar-refractivity contribution in [2.24, 2.45) is 0 Å². The van der Waals surface area contributed by atoms with Gasteiger partial charge in [0.2, 0.25) is 0 Å². The first-order valence-electron chi connectivity index (χ1n) is 8.92. The van der Waals surface area contributed by atoms with Crippen LogP contribution in [0.5, 0.6) is 0 Å². The third-order valence-corrected chi connectivity index (χ3v) is 4.72. The molecule has 1 aliphatic heterocycles. The van der Waals surface area contributed by atoms with Crippen LogP contribution >= 0.6 is 0 Å². The highest BCUT2D eigenvalue weighted by molar-refractivity contribution is 5.55. The van der Waals surface area contributed by atoms with Gasteiger partial charge >= 0.3 is 6.18 Å². The van der Waals surface area contributed by atoms with E-state index >= 15 is 0 Å². The molecular formula is C19H16F5N5. The fourth-order valence-corrected chi connectivity index (χ4v) is 3.32. The molecule has 1 fully saturated rings. The van der Waals surface area contributed by atoms with E-state index in [9.17, 15) is 22.0 Å². The van der Waals surface area contributed by atoms with Crippen molar-refractivity contribution < 1.29 is 22.0 Å². The summed E-state index contributed by atoms with van der Waals surface area (Å²) in [6, 6.07) is 5.39. The molecular weight excluding hydrogens is 393 g/mol. The number of anilines is 1. The topological polar surface area (TPSA) is 46.3 Å². The maximum atomic E-state index is 13.4. The van der Waals surface area contributed by atoms with Crippen molar-refractivity contribution in [3.8, 4) is 0 Å². The molecule has 3 aromatic rings. The summed E-state index contributed by atoms with van der Waals surface area (Å²) in [6.45, 7) is 2.76. The summed E-state index contributed by atoms with van der Waals surface area (Å²) in [7, 11) is 0. The Labute approximate surface area is 162 Å². The molecule has 10 heteroatoms. The second kappa shape index (κ2) is 7.09. The first-order chi connectivity index (χ1) is 13.7. The fourth-order valence-electron chi connectivity index (χ4n) is 3.32. The van der Waals surface area contributed by atoms with Gasteiger partial charge in [0.15, 0.2) is 11.6 Å². The van der Waals surface area contributed by atoms with E-state index in [1.165, 1.54) is 6.07 Å². The summed E-state index contributed by atoms with van der Waals surface area (Å²) in [4.78, 5) is 9.45. The Balaban J connectivity index is 1.58. The minimum Gasteiger partial charge on any atom is -0.356 e. The summed E-state index contributed by atoms with van der Waals surface area (Å²) >= 11 is 0. The van der Waals surface area contributed by atoms with E-state index in [-0.39, 0.29) is 5.78 Å². The van der Waals surface area contributed by atoms with Crippen LogP contribution in [0.1, 0.15) is 29.9 Å². The van der Waals surface area contributed by atoms with E-state index in [1.807, 2.05) is 11.0 Å². The number of aromatic nitrogens is 4. The zero-order valence-corrected chi connectivity index (χ0v) is 15.3. The van der Waals surface area contributed by atoms with Crippen molar-refractivity contribution in [2.45, 2.75) is 25.9 Å². The lowest BCUT2D eigenvalue weighted by molar-refractivity contribution is -0.144. The van der Waals surface area contributed by atoms with E-state index in [0.29, 0.717) is 43.0 Å². The van der Waals surface area contributed by atoms with Crippen LogP contribution in [0.2, 0.25) is 0 Å². The molecule has 4 rings (SSSR count). The summed E-state index contributed by atoms with van der Waals surface area (Å²) in [5.74, 6) is -2.64. The van der Waals surface area contributed by atoms with Crippen molar-refractivity contribution in [2.75, 3.05) is 18.0 Å². The molecule has 0 N–H and O–H groups in total. The second-order valence-electron chi connectivity index (χ2n) is 6.86. The maximum absolute atomic E-state index is 13.4. The Kier molecular flexibility index (Phi) is 4.71. The van der Waals surface area contributed by atoms with E-state index in [2.05, 4.69) is 15.1 Å². The Hall–Kier alpha value is -3.04. The average Bonchev–Trinajstić information content (AvgIpc) is 3.09. The van der Waals surface area contributed by atoms with Crippen LogP contribution in [0.4, 0.5) is 27.8 Å². The summed E-state index contributed by atoms with van der Waals surface area (Å²) in [5.41, 5.74) is 2.15. The van der Waals surface area contributed by atoms with Crippen molar-refractivity contribution >= 4 is 17.7 Å². The summed E-state index contributed by atoms with van der Waals surface area (Å²) < 4.78 is 66.5. The zero-order chi connectivity index (χ0) is 20.8. The van der Waals surface area contributed by atoms with Gasteiger partial charge in [-0.2, -0.15) is 22.7 Å². The Morgan fingerprint density at radius 2 is 1.72 bits per heavy atom. The lowest BCUT2D eigenvalue weighted by Gasteiger charge is -2.30. The molecule has 0 aliphatic carbocycles. The van der Waals surface area contributed by atoms with Crippen LogP contribution in [-0.2, 0) is 6.18 Å². The van der Waals surface area contributed by atoms with Gasteiger partial charge in [0.1, 0.15) is 5.82 Å². The van der Waals surface area contributed by atoms with Crippen LogP contribution in [0.25, 0.3) is 11.9 Å². The van der Waals surface area contributed by atoms with Gasteiger partial charge < -0.3 is 4.90 Å². The molecule has 0 atom stereocenters. The minimum atomic E-state index is -4.65. The predicted molar refractivity (Wildman–Crippen MR) is 96.3 cm³/mol. The van der Waals surface area contributed by atoms with Crippen molar-refractivity contribution in [3.63, 3.8) is 0 Å².